The normalized spacial score (nSPS) is 12.7. The van der Waals surface area contributed by atoms with Crippen molar-refractivity contribution < 1.29 is 4.42 Å². The Morgan fingerprint density at radius 1 is 1.44 bits per heavy atom. The van der Waals surface area contributed by atoms with E-state index in [0.29, 0.717) is 22.8 Å². The van der Waals surface area contributed by atoms with Crippen molar-refractivity contribution in [3.63, 3.8) is 0 Å². The molecule has 0 spiro atoms. The van der Waals surface area contributed by atoms with Gasteiger partial charge < -0.3 is 15.5 Å². The molecular formula is C12H13N5O. The summed E-state index contributed by atoms with van der Waals surface area (Å²) in [7, 11) is 0. The SMILES string of the molecule is CC(Nc1nc2c(N)cccc2o1)c1cn[nH]c1. The second-order valence-electron chi connectivity index (χ2n) is 4.11. The first kappa shape index (κ1) is 10.6. The Hall–Kier alpha value is -2.50. The molecule has 2 heterocycles. The summed E-state index contributed by atoms with van der Waals surface area (Å²) in [4.78, 5) is 4.33. The van der Waals surface area contributed by atoms with E-state index in [1.165, 1.54) is 0 Å². The fourth-order valence-corrected chi connectivity index (χ4v) is 1.80. The van der Waals surface area contributed by atoms with Gasteiger partial charge in [-0.15, -0.1) is 0 Å². The van der Waals surface area contributed by atoms with E-state index in [1.807, 2.05) is 25.3 Å². The Balaban J connectivity index is 1.89. The third-order valence-corrected chi connectivity index (χ3v) is 2.81. The Morgan fingerprint density at radius 2 is 2.33 bits per heavy atom. The highest BCUT2D eigenvalue weighted by atomic mass is 16.4. The van der Waals surface area contributed by atoms with Crippen molar-refractivity contribution in [3.8, 4) is 0 Å². The van der Waals surface area contributed by atoms with Crippen molar-refractivity contribution in [2.75, 3.05) is 11.1 Å². The molecule has 0 saturated carbocycles. The van der Waals surface area contributed by atoms with Crippen LogP contribution in [0.15, 0.2) is 35.0 Å². The smallest absolute Gasteiger partial charge is 0.296 e. The molecule has 6 heteroatoms. The summed E-state index contributed by atoms with van der Waals surface area (Å²) < 4.78 is 5.58. The van der Waals surface area contributed by atoms with E-state index in [-0.39, 0.29) is 6.04 Å². The van der Waals surface area contributed by atoms with Crippen molar-refractivity contribution in [2.45, 2.75) is 13.0 Å². The molecule has 6 nitrogen and oxygen atoms in total. The number of para-hydroxylation sites is 1. The fraction of sp³-hybridized carbons (Fsp3) is 0.167. The molecule has 92 valence electrons. The quantitative estimate of drug-likeness (QED) is 0.614. The number of nitrogens with two attached hydrogens (primary N) is 1. The third-order valence-electron chi connectivity index (χ3n) is 2.81. The van der Waals surface area contributed by atoms with Crippen molar-refractivity contribution in [1.29, 1.82) is 0 Å². The van der Waals surface area contributed by atoms with Gasteiger partial charge in [0.1, 0.15) is 5.52 Å². The Morgan fingerprint density at radius 3 is 3.06 bits per heavy atom. The summed E-state index contributed by atoms with van der Waals surface area (Å²) >= 11 is 0. The molecule has 1 aromatic carbocycles. The molecule has 3 rings (SSSR count). The second kappa shape index (κ2) is 4.06. The van der Waals surface area contributed by atoms with E-state index in [4.69, 9.17) is 10.2 Å². The molecule has 0 radical (unpaired) electrons. The maximum Gasteiger partial charge on any atom is 0.296 e. The number of aromatic nitrogens is 3. The summed E-state index contributed by atoms with van der Waals surface area (Å²) in [6.45, 7) is 2.00. The van der Waals surface area contributed by atoms with E-state index in [9.17, 15) is 0 Å². The molecule has 0 aliphatic heterocycles. The molecule has 0 aliphatic carbocycles. The largest absolute Gasteiger partial charge is 0.423 e. The van der Waals surface area contributed by atoms with E-state index in [1.54, 1.807) is 12.3 Å². The van der Waals surface area contributed by atoms with E-state index in [2.05, 4.69) is 20.5 Å². The molecule has 0 amide bonds. The standard InChI is InChI=1S/C12H13N5O/c1-7(8-5-14-15-6-8)16-12-17-11-9(13)3-2-4-10(11)18-12/h2-7H,13H2,1H3,(H,14,15)(H,16,17). The zero-order valence-corrected chi connectivity index (χ0v) is 9.84. The van der Waals surface area contributed by atoms with Gasteiger partial charge in [0.25, 0.3) is 6.01 Å². The van der Waals surface area contributed by atoms with Crippen molar-refractivity contribution in [2.24, 2.45) is 0 Å². The average Bonchev–Trinajstić information content (AvgIpc) is 2.97. The van der Waals surface area contributed by atoms with Gasteiger partial charge in [-0.2, -0.15) is 10.1 Å². The van der Waals surface area contributed by atoms with Gasteiger partial charge in [-0.05, 0) is 19.1 Å². The maximum absolute atomic E-state index is 5.83. The number of nitrogens with zero attached hydrogens (tertiary/aromatic N) is 2. The number of nitrogen functional groups attached to an aromatic ring is 1. The number of anilines is 2. The first-order valence-corrected chi connectivity index (χ1v) is 5.64. The number of H-pyrrole nitrogens is 1. The van der Waals surface area contributed by atoms with Crippen LogP contribution in [0.25, 0.3) is 11.1 Å². The van der Waals surface area contributed by atoms with Crippen LogP contribution in [0.2, 0.25) is 0 Å². The minimum atomic E-state index is 0.0537. The predicted molar refractivity (Wildman–Crippen MR) is 69.0 cm³/mol. The zero-order chi connectivity index (χ0) is 12.5. The average molecular weight is 243 g/mol. The molecule has 2 aromatic heterocycles. The highest BCUT2D eigenvalue weighted by Gasteiger charge is 2.12. The number of oxazole rings is 1. The van der Waals surface area contributed by atoms with Gasteiger partial charge >= 0.3 is 0 Å². The van der Waals surface area contributed by atoms with E-state index in [0.717, 1.165) is 5.56 Å². The van der Waals surface area contributed by atoms with E-state index < -0.39 is 0 Å². The van der Waals surface area contributed by atoms with Gasteiger partial charge in [-0.3, -0.25) is 5.10 Å². The van der Waals surface area contributed by atoms with Crippen molar-refractivity contribution in [1.82, 2.24) is 15.2 Å². The van der Waals surface area contributed by atoms with Crippen LogP contribution in [0.3, 0.4) is 0 Å². The molecule has 0 saturated heterocycles. The molecule has 4 N–H and O–H groups in total. The van der Waals surface area contributed by atoms with Gasteiger partial charge in [-0.1, -0.05) is 6.07 Å². The zero-order valence-electron chi connectivity index (χ0n) is 9.84. The molecule has 3 aromatic rings. The molecule has 0 fully saturated rings. The van der Waals surface area contributed by atoms with Crippen LogP contribution in [0.5, 0.6) is 0 Å². The minimum absolute atomic E-state index is 0.0537. The summed E-state index contributed by atoms with van der Waals surface area (Å²) in [5.74, 6) is 0. The van der Waals surface area contributed by atoms with Gasteiger partial charge in [0.05, 0.1) is 17.9 Å². The van der Waals surface area contributed by atoms with Gasteiger partial charge in [0.15, 0.2) is 5.58 Å². The Labute approximate surface area is 103 Å². The molecule has 1 unspecified atom stereocenters. The Bertz CT molecular complexity index is 658. The first-order valence-electron chi connectivity index (χ1n) is 5.64. The Kier molecular flexibility index (Phi) is 2.40. The lowest BCUT2D eigenvalue weighted by Crippen LogP contribution is -2.05. The van der Waals surface area contributed by atoms with Crippen LogP contribution in [0.4, 0.5) is 11.7 Å². The van der Waals surface area contributed by atoms with Crippen LogP contribution in [0, 0.1) is 0 Å². The third kappa shape index (κ3) is 1.77. The van der Waals surface area contributed by atoms with Gasteiger partial charge in [0.2, 0.25) is 0 Å². The van der Waals surface area contributed by atoms with Crippen LogP contribution in [-0.2, 0) is 0 Å². The maximum atomic E-state index is 5.83. The van der Waals surface area contributed by atoms with Crippen LogP contribution in [0.1, 0.15) is 18.5 Å². The molecule has 0 bridgehead atoms. The van der Waals surface area contributed by atoms with Crippen molar-refractivity contribution in [3.05, 3.63) is 36.2 Å². The number of aromatic amines is 1. The summed E-state index contributed by atoms with van der Waals surface area (Å²) in [5, 5.41) is 9.84. The lowest BCUT2D eigenvalue weighted by molar-refractivity contribution is 0.604. The number of hydrogen-bond donors (Lipinski definition) is 3. The monoisotopic (exact) mass is 243 g/mol. The molecule has 0 aliphatic rings. The topological polar surface area (TPSA) is 92.8 Å². The highest BCUT2D eigenvalue weighted by Crippen LogP contribution is 2.25. The number of nitrogens with one attached hydrogen (secondary N) is 2. The van der Waals surface area contributed by atoms with E-state index >= 15 is 0 Å². The van der Waals surface area contributed by atoms with Gasteiger partial charge in [0, 0.05) is 11.8 Å². The lowest BCUT2D eigenvalue weighted by atomic mass is 10.2. The predicted octanol–water partition coefficient (Wildman–Crippen LogP) is 2.31. The number of hydrogen-bond acceptors (Lipinski definition) is 5. The first-order chi connectivity index (χ1) is 8.74. The van der Waals surface area contributed by atoms with Gasteiger partial charge in [-0.25, -0.2) is 0 Å². The van der Waals surface area contributed by atoms with Crippen LogP contribution in [-0.4, -0.2) is 15.2 Å². The minimum Gasteiger partial charge on any atom is -0.423 e. The highest BCUT2D eigenvalue weighted by molar-refractivity contribution is 5.86. The molecule has 1 atom stereocenters. The summed E-state index contributed by atoms with van der Waals surface area (Å²) in [6.07, 6.45) is 3.59. The van der Waals surface area contributed by atoms with Crippen molar-refractivity contribution >= 4 is 22.8 Å². The number of benzene rings is 1. The number of rotatable bonds is 3. The molecular weight excluding hydrogens is 230 g/mol. The summed E-state index contributed by atoms with van der Waals surface area (Å²) in [6, 6.07) is 5.99. The van der Waals surface area contributed by atoms with Crippen LogP contribution >= 0.6 is 0 Å². The summed E-state index contributed by atoms with van der Waals surface area (Å²) in [5.41, 5.74) is 8.83. The van der Waals surface area contributed by atoms with Crippen LogP contribution < -0.4 is 11.1 Å². The second-order valence-corrected chi connectivity index (χ2v) is 4.11. The lowest BCUT2D eigenvalue weighted by Gasteiger charge is -2.08. The fourth-order valence-electron chi connectivity index (χ4n) is 1.80. The number of fused-ring (bicyclic) bond motifs is 1. The molecule has 18 heavy (non-hydrogen) atoms.